The van der Waals surface area contributed by atoms with Crippen LogP contribution in [0.15, 0.2) is 6.07 Å². The molecule has 5 heteroatoms. The summed E-state index contributed by atoms with van der Waals surface area (Å²) in [7, 11) is 1.85. The average Bonchev–Trinajstić information content (AvgIpc) is 2.74. The first-order valence-corrected chi connectivity index (χ1v) is 6.22. The van der Waals surface area contributed by atoms with Crippen LogP contribution >= 0.6 is 0 Å². The molecule has 0 radical (unpaired) electrons. The summed E-state index contributed by atoms with van der Waals surface area (Å²) in [5.41, 5.74) is 0.499. The lowest BCUT2D eigenvalue weighted by Crippen LogP contribution is -2.40. The summed E-state index contributed by atoms with van der Waals surface area (Å²) in [6.45, 7) is 2.35. The molecular formula is C13H18N4O. The zero-order valence-electron chi connectivity index (χ0n) is 10.8. The highest BCUT2D eigenvalue weighted by molar-refractivity contribution is 5.35. The van der Waals surface area contributed by atoms with Gasteiger partial charge in [-0.3, -0.25) is 0 Å². The van der Waals surface area contributed by atoms with Crippen molar-refractivity contribution in [2.75, 3.05) is 18.5 Å². The molecular weight excluding hydrogens is 228 g/mol. The van der Waals surface area contributed by atoms with Gasteiger partial charge in [-0.25, -0.2) is 9.97 Å². The molecule has 1 aromatic heterocycles. The van der Waals surface area contributed by atoms with Gasteiger partial charge in [0.05, 0.1) is 5.60 Å². The number of aromatic nitrogens is 2. The summed E-state index contributed by atoms with van der Waals surface area (Å²) in [6, 6.07) is 3.68. The van der Waals surface area contributed by atoms with E-state index in [9.17, 15) is 5.11 Å². The topological polar surface area (TPSA) is 73.0 Å². The van der Waals surface area contributed by atoms with Gasteiger partial charge in [-0.2, -0.15) is 5.26 Å². The minimum atomic E-state index is -0.630. The van der Waals surface area contributed by atoms with Crippen LogP contribution in [0.5, 0.6) is 0 Å². The second-order valence-electron chi connectivity index (χ2n) is 5.09. The summed E-state index contributed by atoms with van der Waals surface area (Å²) in [4.78, 5) is 10.3. The maximum atomic E-state index is 10.4. The number of rotatable bonds is 3. The fraction of sp³-hybridized carbons (Fsp3) is 0.615. The van der Waals surface area contributed by atoms with Crippen LogP contribution in [0.4, 0.5) is 5.95 Å². The summed E-state index contributed by atoms with van der Waals surface area (Å²) < 4.78 is 0. The number of aliphatic hydroxyl groups is 1. The van der Waals surface area contributed by atoms with E-state index < -0.39 is 5.60 Å². The number of anilines is 1. The maximum Gasteiger partial charge on any atom is 0.226 e. The summed E-state index contributed by atoms with van der Waals surface area (Å²) in [6.07, 6.45) is 3.80. The molecule has 0 aromatic carbocycles. The average molecular weight is 246 g/mol. The third kappa shape index (κ3) is 2.77. The van der Waals surface area contributed by atoms with E-state index in [1.807, 2.05) is 24.9 Å². The first-order valence-electron chi connectivity index (χ1n) is 6.22. The molecule has 2 rings (SSSR count). The fourth-order valence-electron chi connectivity index (χ4n) is 2.48. The lowest BCUT2D eigenvalue weighted by molar-refractivity contribution is 0.0556. The van der Waals surface area contributed by atoms with E-state index in [1.165, 1.54) is 0 Å². The number of hydrogen-bond acceptors (Lipinski definition) is 5. The lowest BCUT2D eigenvalue weighted by Gasteiger charge is -2.28. The summed E-state index contributed by atoms with van der Waals surface area (Å²) in [5, 5.41) is 19.3. The van der Waals surface area contributed by atoms with Crippen molar-refractivity contribution in [3.63, 3.8) is 0 Å². The first kappa shape index (κ1) is 12.8. The van der Waals surface area contributed by atoms with Gasteiger partial charge in [0.25, 0.3) is 0 Å². The molecule has 18 heavy (non-hydrogen) atoms. The Bertz CT molecular complexity index is 474. The van der Waals surface area contributed by atoms with Crippen LogP contribution in [-0.2, 0) is 0 Å². The molecule has 5 nitrogen and oxygen atoms in total. The molecule has 96 valence electrons. The van der Waals surface area contributed by atoms with E-state index >= 15 is 0 Å². The monoisotopic (exact) mass is 246 g/mol. The van der Waals surface area contributed by atoms with Crippen molar-refractivity contribution in [1.29, 1.82) is 5.26 Å². The van der Waals surface area contributed by atoms with E-state index in [1.54, 1.807) is 6.07 Å². The third-order valence-electron chi connectivity index (χ3n) is 3.36. The quantitative estimate of drug-likeness (QED) is 0.872. The molecule has 1 N–H and O–H groups in total. The van der Waals surface area contributed by atoms with Crippen molar-refractivity contribution in [3.8, 4) is 6.07 Å². The molecule has 0 amide bonds. The summed E-state index contributed by atoms with van der Waals surface area (Å²) in [5.74, 6) is 0.506. The smallest absolute Gasteiger partial charge is 0.226 e. The predicted molar refractivity (Wildman–Crippen MR) is 68.2 cm³/mol. The van der Waals surface area contributed by atoms with Gasteiger partial charge >= 0.3 is 0 Å². The minimum absolute atomic E-state index is 0.364. The Labute approximate surface area is 107 Å². The van der Waals surface area contributed by atoms with E-state index in [0.29, 0.717) is 18.2 Å². The lowest BCUT2D eigenvalue weighted by atomic mass is 10.0. The number of nitriles is 1. The molecule has 0 atom stereocenters. The van der Waals surface area contributed by atoms with Crippen LogP contribution in [0.25, 0.3) is 0 Å². The second-order valence-corrected chi connectivity index (χ2v) is 5.09. The molecule has 1 aromatic rings. The maximum absolute atomic E-state index is 10.4. The van der Waals surface area contributed by atoms with Crippen molar-refractivity contribution in [2.45, 2.75) is 38.2 Å². The SMILES string of the molecule is Cc1cc(C#N)nc(N(C)CC2(O)CCCC2)n1. The molecule has 1 aliphatic rings. The minimum Gasteiger partial charge on any atom is -0.388 e. The Balaban J connectivity index is 2.16. The van der Waals surface area contributed by atoms with E-state index in [0.717, 1.165) is 31.4 Å². The highest BCUT2D eigenvalue weighted by Crippen LogP contribution is 2.30. The molecule has 1 fully saturated rings. The van der Waals surface area contributed by atoms with Crippen LogP contribution in [-0.4, -0.2) is 34.3 Å². The fourth-order valence-corrected chi connectivity index (χ4v) is 2.48. The summed E-state index contributed by atoms with van der Waals surface area (Å²) >= 11 is 0. The number of aryl methyl sites for hydroxylation is 1. The second kappa shape index (κ2) is 4.91. The normalized spacial score (nSPS) is 17.4. The van der Waals surface area contributed by atoms with E-state index in [2.05, 4.69) is 9.97 Å². The Morgan fingerprint density at radius 2 is 2.11 bits per heavy atom. The van der Waals surface area contributed by atoms with Crippen molar-refractivity contribution in [1.82, 2.24) is 9.97 Å². The zero-order chi connectivity index (χ0) is 13.2. The molecule has 1 heterocycles. The molecule has 1 saturated carbocycles. The molecule has 1 aliphatic carbocycles. The molecule has 0 aliphatic heterocycles. The van der Waals surface area contributed by atoms with Gasteiger partial charge in [0, 0.05) is 19.3 Å². The molecule has 0 saturated heterocycles. The van der Waals surface area contributed by atoms with Crippen molar-refractivity contribution >= 4 is 5.95 Å². The van der Waals surface area contributed by atoms with Crippen molar-refractivity contribution < 1.29 is 5.11 Å². The van der Waals surface area contributed by atoms with Crippen LogP contribution in [0, 0.1) is 18.3 Å². The Morgan fingerprint density at radius 3 is 2.72 bits per heavy atom. The number of hydrogen-bond donors (Lipinski definition) is 1. The molecule has 0 unspecified atom stereocenters. The highest BCUT2D eigenvalue weighted by atomic mass is 16.3. The standard InChI is InChI=1S/C13H18N4O/c1-10-7-11(8-14)16-12(15-10)17(2)9-13(18)5-3-4-6-13/h7,18H,3-6,9H2,1-2H3. The number of nitrogens with zero attached hydrogens (tertiary/aromatic N) is 4. The zero-order valence-corrected chi connectivity index (χ0v) is 10.8. The predicted octanol–water partition coefficient (Wildman–Crippen LogP) is 1.40. The van der Waals surface area contributed by atoms with Gasteiger partial charge in [0.15, 0.2) is 0 Å². The van der Waals surface area contributed by atoms with Crippen LogP contribution < -0.4 is 4.90 Å². The van der Waals surface area contributed by atoms with Gasteiger partial charge in [0.2, 0.25) is 5.95 Å². The van der Waals surface area contributed by atoms with Gasteiger partial charge in [-0.1, -0.05) is 12.8 Å². The van der Waals surface area contributed by atoms with Gasteiger partial charge in [-0.15, -0.1) is 0 Å². The third-order valence-corrected chi connectivity index (χ3v) is 3.36. The van der Waals surface area contributed by atoms with Crippen molar-refractivity contribution in [2.24, 2.45) is 0 Å². The van der Waals surface area contributed by atoms with Crippen molar-refractivity contribution in [3.05, 3.63) is 17.5 Å². The number of likely N-dealkylation sites (N-methyl/N-ethyl adjacent to an activating group) is 1. The largest absolute Gasteiger partial charge is 0.388 e. The first-order chi connectivity index (χ1) is 8.52. The highest BCUT2D eigenvalue weighted by Gasteiger charge is 2.32. The van der Waals surface area contributed by atoms with E-state index in [-0.39, 0.29) is 0 Å². The van der Waals surface area contributed by atoms with Crippen LogP contribution in [0.2, 0.25) is 0 Å². The van der Waals surface area contributed by atoms with Gasteiger partial charge in [0.1, 0.15) is 11.8 Å². The Morgan fingerprint density at radius 1 is 1.44 bits per heavy atom. The van der Waals surface area contributed by atoms with E-state index in [4.69, 9.17) is 5.26 Å². The van der Waals surface area contributed by atoms with Crippen LogP contribution in [0.1, 0.15) is 37.1 Å². The van der Waals surface area contributed by atoms with Crippen LogP contribution in [0.3, 0.4) is 0 Å². The Hall–Kier alpha value is -1.67. The molecule has 0 spiro atoms. The molecule has 0 bridgehead atoms. The van der Waals surface area contributed by atoms with Gasteiger partial charge in [-0.05, 0) is 25.8 Å². The van der Waals surface area contributed by atoms with Gasteiger partial charge < -0.3 is 10.0 Å². The Kier molecular flexibility index (Phi) is 3.48.